The van der Waals surface area contributed by atoms with Gasteiger partial charge >= 0.3 is 5.97 Å². The second kappa shape index (κ2) is 9.31. The Morgan fingerprint density at radius 3 is 2.03 bits per heavy atom. The van der Waals surface area contributed by atoms with Crippen molar-refractivity contribution in [2.75, 3.05) is 27.9 Å². The summed E-state index contributed by atoms with van der Waals surface area (Å²) in [4.78, 5) is 14.8. The van der Waals surface area contributed by atoms with Crippen molar-refractivity contribution in [3.63, 3.8) is 0 Å². The quantitative estimate of drug-likeness (QED) is 0.659. The first-order valence-electron chi connectivity index (χ1n) is 10.1. The van der Waals surface area contributed by atoms with Gasteiger partial charge in [-0.1, -0.05) is 24.3 Å². The van der Waals surface area contributed by atoms with Crippen molar-refractivity contribution in [1.82, 2.24) is 4.90 Å². The standard InChI is InChI=1S/C24H31NO4/c1-24(15-18-5-9-21(27-2)10-6-18)16-20(23(26)29-4)13-14-25(24)17-19-7-11-22(28-3)12-8-19/h5-12,20H,13-17H2,1-4H3. The summed E-state index contributed by atoms with van der Waals surface area (Å²) in [6.07, 6.45) is 2.46. The molecular formula is C24H31NO4. The fourth-order valence-electron chi connectivity index (χ4n) is 4.30. The molecule has 2 unspecified atom stereocenters. The van der Waals surface area contributed by atoms with E-state index in [2.05, 4.69) is 36.1 Å². The first-order valence-corrected chi connectivity index (χ1v) is 10.1. The Morgan fingerprint density at radius 1 is 0.966 bits per heavy atom. The third-order valence-electron chi connectivity index (χ3n) is 6.01. The summed E-state index contributed by atoms with van der Waals surface area (Å²) in [7, 11) is 4.83. The van der Waals surface area contributed by atoms with Crippen molar-refractivity contribution in [2.45, 2.75) is 38.3 Å². The molecule has 0 N–H and O–H groups in total. The number of benzene rings is 2. The predicted molar refractivity (Wildman–Crippen MR) is 113 cm³/mol. The van der Waals surface area contributed by atoms with Crippen LogP contribution in [0, 0.1) is 5.92 Å². The third kappa shape index (κ3) is 5.10. The normalized spacial score (nSPS) is 22.1. The average Bonchev–Trinajstić information content (AvgIpc) is 2.75. The van der Waals surface area contributed by atoms with E-state index in [1.54, 1.807) is 14.2 Å². The van der Waals surface area contributed by atoms with Gasteiger partial charge in [0.1, 0.15) is 11.5 Å². The summed E-state index contributed by atoms with van der Waals surface area (Å²) in [6, 6.07) is 16.4. The van der Waals surface area contributed by atoms with Gasteiger partial charge in [-0.15, -0.1) is 0 Å². The van der Waals surface area contributed by atoms with E-state index in [0.717, 1.165) is 43.9 Å². The molecule has 5 heteroatoms. The molecule has 2 aromatic rings. The molecule has 5 nitrogen and oxygen atoms in total. The minimum absolute atomic E-state index is 0.0598. The zero-order chi connectivity index (χ0) is 20.9. The maximum absolute atomic E-state index is 12.3. The van der Waals surface area contributed by atoms with Crippen LogP contribution in [0.25, 0.3) is 0 Å². The molecule has 3 rings (SSSR count). The van der Waals surface area contributed by atoms with Gasteiger partial charge in [-0.2, -0.15) is 0 Å². The highest BCUT2D eigenvalue weighted by molar-refractivity contribution is 5.72. The number of likely N-dealkylation sites (tertiary alicyclic amines) is 1. The topological polar surface area (TPSA) is 48.0 Å². The van der Waals surface area contributed by atoms with Crippen molar-refractivity contribution in [3.8, 4) is 11.5 Å². The van der Waals surface area contributed by atoms with Gasteiger partial charge in [0.05, 0.1) is 27.2 Å². The molecule has 2 aromatic carbocycles. The number of methoxy groups -OCH3 is 3. The lowest BCUT2D eigenvalue weighted by Crippen LogP contribution is -2.54. The maximum Gasteiger partial charge on any atom is 0.308 e. The first-order chi connectivity index (χ1) is 14.0. The number of piperidine rings is 1. The molecule has 0 saturated carbocycles. The number of ether oxygens (including phenoxy) is 3. The zero-order valence-corrected chi connectivity index (χ0v) is 17.8. The summed E-state index contributed by atoms with van der Waals surface area (Å²) in [5, 5.41) is 0. The first kappa shape index (κ1) is 21.2. The van der Waals surface area contributed by atoms with Crippen LogP contribution in [-0.2, 0) is 22.5 Å². The summed E-state index contributed by atoms with van der Waals surface area (Å²) in [5.74, 6) is 1.55. The number of rotatable bonds is 7. The summed E-state index contributed by atoms with van der Waals surface area (Å²) in [5.41, 5.74) is 2.33. The highest BCUT2D eigenvalue weighted by Gasteiger charge is 2.41. The summed E-state index contributed by atoms with van der Waals surface area (Å²) in [6.45, 7) is 3.96. The Labute approximate surface area is 173 Å². The summed E-state index contributed by atoms with van der Waals surface area (Å²) >= 11 is 0. The molecule has 29 heavy (non-hydrogen) atoms. The molecule has 1 heterocycles. The van der Waals surface area contributed by atoms with Crippen molar-refractivity contribution >= 4 is 5.97 Å². The van der Waals surface area contributed by atoms with Gasteiger partial charge in [0.15, 0.2) is 0 Å². The minimum atomic E-state index is -0.147. The van der Waals surface area contributed by atoms with Crippen LogP contribution in [0.2, 0.25) is 0 Å². The van der Waals surface area contributed by atoms with E-state index < -0.39 is 0 Å². The Balaban J connectivity index is 1.82. The second-order valence-electron chi connectivity index (χ2n) is 8.00. The molecule has 0 aliphatic carbocycles. The van der Waals surface area contributed by atoms with E-state index in [1.807, 2.05) is 24.3 Å². The Bertz CT molecular complexity index is 803. The molecule has 1 aliphatic heterocycles. The van der Waals surface area contributed by atoms with Crippen LogP contribution in [0.1, 0.15) is 30.9 Å². The SMILES string of the molecule is COC(=O)C1CCN(Cc2ccc(OC)cc2)C(C)(Cc2ccc(OC)cc2)C1. The van der Waals surface area contributed by atoms with E-state index in [0.29, 0.717) is 0 Å². The van der Waals surface area contributed by atoms with E-state index in [4.69, 9.17) is 14.2 Å². The fraction of sp³-hybridized carbons (Fsp3) is 0.458. The Kier molecular flexibility index (Phi) is 6.80. The maximum atomic E-state index is 12.3. The molecule has 0 radical (unpaired) electrons. The number of hydrogen-bond acceptors (Lipinski definition) is 5. The average molecular weight is 398 g/mol. The van der Waals surface area contributed by atoms with Crippen LogP contribution < -0.4 is 9.47 Å². The van der Waals surface area contributed by atoms with E-state index in [-0.39, 0.29) is 17.4 Å². The van der Waals surface area contributed by atoms with Crippen molar-refractivity contribution in [2.24, 2.45) is 5.92 Å². The lowest BCUT2D eigenvalue weighted by atomic mass is 9.77. The predicted octanol–water partition coefficient (Wildman–Crippen LogP) is 4.09. The van der Waals surface area contributed by atoms with Gasteiger partial charge in [0, 0.05) is 12.1 Å². The van der Waals surface area contributed by atoms with Gasteiger partial charge in [0.2, 0.25) is 0 Å². The van der Waals surface area contributed by atoms with Gasteiger partial charge in [0.25, 0.3) is 0 Å². The molecule has 1 saturated heterocycles. The minimum Gasteiger partial charge on any atom is -0.497 e. The Morgan fingerprint density at radius 2 is 1.52 bits per heavy atom. The van der Waals surface area contributed by atoms with Crippen LogP contribution in [-0.4, -0.2) is 44.3 Å². The lowest BCUT2D eigenvalue weighted by Gasteiger charge is -2.47. The molecule has 156 valence electrons. The number of nitrogens with zero attached hydrogens (tertiary/aromatic N) is 1. The van der Waals surface area contributed by atoms with Crippen LogP contribution in [0.5, 0.6) is 11.5 Å². The largest absolute Gasteiger partial charge is 0.497 e. The monoisotopic (exact) mass is 397 g/mol. The summed E-state index contributed by atoms with van der Waals surface area (Å²) < 4.78 is 15.6. The van der Waals surface area contributed by atoms with Crippen LogP contribution in [0.4, 0.5) is 0 Å². The molecule has 1 fully saturated rings. The number of hydrogen-bond donors (Lipinski definition) is 0. The molecule has 0 amide bonds. The number of carbonyl (C=O) groups excluding carboxylic acids is 1. The zero-order valence-electron chi connectivity index (χ0n) is 17.8. The van der Waals surface area contributed by atoms with E-state index in [1.165, 1.54) is 18.2 Å². The third-order valence-corrected chi connectivity index (χ3v) is 6.01. The van der Waals surface area contributed by atoms with E-state index in [9.17, 15) is 4.79 Å². The van der Waals surface area contributed by atoms with Crippen LogP contribution in [0.15, 0.2) is 48.5 Å². The highest BCUT2D eigenvalue weighted by Crippen LogP contribution is 2.36. The Hall–Kier alpha value is -2.53. The van der Waals surface area contributed by atoms with Crippen molar-refractivity contribution < 1.29 is 19.0 Å². The molecule has 0 spiro atoms. The van der Waals surface area contributed by atoms with Crippen molar-refractivity contribution in [1.29, 1.82) is 0 Å². The molecule has 1 aliphatic rings. The second-order valence-corrected chi connectivity index (χ2v) is 8.00. The van der Waals surface area contributed by atoms with Gasteiger partial charge in [-0.25, -0.2) is 0 Å². The van der Waals surface area contributed by atoms with Gasteiger partial charge in [-0.3, -0.25) is 9.69 Å². The molecule has 2 atom stereocenters. The lowest BCUT2D eigenvalue weighted by molar-refractivity contribution is -0.149. The molecular weight excluding hydrogens is 366 g/mol. The highest BCUT2D eigenvalue weighted by atomic mass is 16.5. The fourth-order valence-corrected chi connectivity index (χ4v) is 4.30. The molecule has 0 bridgehead atoms. The van der Waals surface area contributed by atoms with Crippen LogP contribution >= 0.6 is 0 Å². The van der Waals surface area contributed by atoms with Crippen LogP contribution in [0.3, 0.4) is 0 Å². The number of carbonyl (C=O) groups is 1. The smallest absolute Gasteiger partial charge is 0.308 e. The number of esters is 1. The van der Waals surface area contributed by atoms with Gasteiger partial charge in [-0.05, 0) is 68.1 Å². The van der Waals surface area contributed by atoms with E-state index >= 15 is 0 Å². The molecule has 0 aromatic heterocycles. The van der Waals surface area contributed by atoms with Crippen molar-refractivity contribution in [3.05, 3.63) is 59.7 Å². The van der Waals surface area contributed by atoms with Gasteiger partial charge < -0.3 is 14.2 Å².